The molecule has 3 heteroatoms. The first-order valence-electron chi connectivity index (χ1n) is 6.85. The van der Waals surface area contributed by atoms with E-state index in [1.807, 2.05) is 0 Å². The summed E-state index contributed by atoms with van der Waals surface area (Å²) in [5.74, 6) is 0.946. The Balaban J connectivity index is 1.84. The van der Waals surface area contributed by atoms with Gasteiger partial charge in [-0.15, -0.1) is 0 Å². The predicted molar refractivity (Wildman–Crippen MR) is 65.2 cm³/mol. The molecule has 16 heavy (non-hydrogen) atoms. The SMILES string of the molecule is CCC1CCCCC1NC(=O)C1CCCN1. The van der Waals surface area contributed by atoms with Crippen LogP contribution >= 0.6 is 0 Å². The van der Waals surface area contributed by atoms with Crippen LogP contribution in [0.1, 0.15) is 51.9 Å². The number of rotatable bonds is 3. The summed E-state index contributed by atoms with van der Waals surface area (Å²) in [5.41, 5.74) is 0. The Morgan fingerprint density at radius 1 is 1.25 bits per heavy atom. The molecule has 0 aromatic heterocycles. The Morgan fingerprint density at radius 2 is 2.06 bits per heavy atom. The molecular formula is C13H24N2O. The Morgan fingerprint density at radius 3 is 2.75 bits per heavy atom. The second-order valence-electron chi connectivity index (χ2n) is 5.22. The lowest BCUT2D eigenvalue weighted by atomic mass is 9.83. The molecule has 2 fully saturated rings. The molecule has 0 spiro atoms. The molecule has 0 aromatic rings. The maximum atomic E-state index is 12.0. The van der Waals surface area contributed by atoms with Gasteiger partial charge in [-0.3, -0.25) is 4.79 Å². The number of carbonyl (C=O) groups excluding carboxylic acids is 1. The zero-order chi connectivity index (χ0) is 11.4. The molecule has 1 aliphatic heterocycles. The second kappa shape index (κ2) is 5.67. The lowest BCUT2D eigenvalue weighted by Gasteiger charge is -2.32. The largest absolute Gasteiger partial charge is 0.352 e. The molecule has 1 saturated carbocycles. The lowest BCUT2D eigenvalue weighted by Crippen LogP contribution is -2.48. The van der Waals surface area contributed by atoms with E-state index in [0.717, 1.165) is 19.4 Å². The third-order valence-electron chi connectivity index (χ3n) is 4.14. The molecular weight excluding hydrogens is 200 g/mol. The highest BCUT2D eigenvalue weighted by Crippen LogP contribution is 2.26. The van der Waals surface area contributed by atoms with E-state index < -0.39 is 0 Å². The maximum Gasteiger partial charge on any atom is 0.237 e. The third-order valence-corrected chi connectivity index (χ3v) is 4.14. The van der Waals surface area contributed by atoms with Crippen molar-refractivity contribution in [2.75, 3.05) is 6.54 Å². The van der Waals surface area contributed by atoms with Crippen LogP contribution in [0.5, 0.6) is 0 Å². The van der Waals surface area contributed by atoms with Crippen molar-refractivity contribution >= 4 is 5.91 Å². The molecule has 1 heterocycles. The third kappa shape index (κ3) is 2.76. The molecule has 0 aromatic carbocycles. The standard InChI is InChI=1S/C13H24N2O/c1-2-10-6-3-4-7-11(10)15-13(16)12-8-5-9-14-12/h10-12,14H,2-9H2,1H3,(H,15,16). The molecule has 2 N–H and O–H groups in total. The van der Waals surface area contributed by atoms with E-state index in [4.69, 9.17) is 0 Å². The summed E-state index contributed by atoms with van der Waals surface area (Å²) < 4.78 is 0. The van der Waals surface area contributed by atoms with Crippen LogP contribution in [0.15, 0.2) is 0 Å². The van der Waals surface area contributed by atoms with Gasteiger partial charge in [-0.1, -0.05) is 26.2 Å². The van der Waals surface area contributed by atoms with Gasteiger partial charge in [-0.05, 0) is 38.1 Å². The minimum absolute atomic E-state index is 0.0828. The fourth-order valence-electron chi connectivity index (χ4n) is 3.08. The van der Waals surface area contributed by atoms with Gasteiger partial charge in [-0.2, -0.15) is 0 Å². The molecule has 0 radical (unpaired) electrons. The molecule has 2 rings (SSSR count). The molecule has 2 aliphatic rings. The van der Waals surface area contributed by atoms with Gasteiger partial charge in [0.15, 0.2) is 0 Å². The minimum atomic E-state index is 0.0828. The zero-order valence-electron chi connectivity index (χ0n) is 10.3. The minimum Gasteiger partial charge on any atom is -0.352 e. The first-order chi connectivity index (χ1) is 7.81. The highest BCUT2D eigenvalue weighted by Gasteiger charge is 2.28. The van der Waals surface area contributed by atoms with Crippen LogP contribution in [0.25, 0.3) is 0 Å². The van der Waals surface area contributed by atoms with Crippen LogP contribution in [0.4, 0.5) is 0 Å². The van der Waals surface area contributed by atoms with Crippen LogP contribution in [-0.4, -0.2) is 24.5 Å². The normalized spacial score (nSPS) is 34.9. The molecule has 3 nitrogen and oxygen atoms in total. The molecule has 0 bridgehead atoms. The first-order valence-corrected chi connectivity index (χ1v) is 6.85. The quantitative estimate of drug-likeness (QED) is 0.768. The summed E-state index contributed by atoms with van der Waals surface area (Å²) in [5, 5.41) is 6.53. The summed E-state index contributed by atoms with van der Waals surface area (Å²) in [6.45, 7) is 3.24. The van der Waals surface area contributed by atoms with E-state index in [1.54, 1.807) is 0 Å². The summed E-state index contributed by atoms with van der Waals surface area (Å²) in [6.07, 6.45) is 8.43. The van der Waals surface area contributed by atoms with E-state index in [-0.39, 0.29) is 11.9 Å². The number of hydrogen-bond acceptors (Lipinski definition) is 2. The van der Waals surface area contributed by atoms with Gasteiger partial charge in [-0.25, -0.2) is 0 Å². The van der Waals surface area contributed by atoms with Crippen LogP contribution in [0, 0.1) is 5.92 Å². The Hall–Kier alpha value is -0.570. The van der Waals surface area contributed by atoms with Gasteiger partial charge >= 0.3 is 0 Å². The molecule has 3 atom stereocenters. The van der Waals surface area contributed by atoms with Crippen molar-refractivity contribution in [2.45, 2.75) is 64.0 Å². The summed E-state index contributed by atoms with van der Waals surface area (Å²) in [4.78, 5) is 12.0. The van der Waals surface area contributed by atoms with Gasteiger partial charge in [0.1, 0.15) is 0 Å². The first kappa shape index (κ1) is 11.9. The Labute approximate surface area is 98.4 Å². The van der Waals surface area contributed by atoms with Crippen molar-refractivity contribution in [1.29, 1.82) is 0 Å². The number of carbonyl (C=O) groups is 1. The highest BCUT2D eigenvalue weighted by molar-refractivity contribution is 5.82. The second-order valence-corrected chi connectivity index (χ2v) is 5.22. The van der Waals surface area contributed by atoms with Gasteiger partial charge in [0.25, 0.3) is 0 Å². The van der Waals surface area contributed by atoms with Gasteiger partial charge < -0.3 is 10.6 Å². The van der Waals surface area contributed by atoms with Crippen molar-refractivity contribution in [3.8, 4) is 0 Å². The fourth-order valence-corrected chi connectivity index (χ4v) is 3.08. The van der Waals surface area contributed by atoms with E-state index in [2.05, 4.69) is 17.6 Å². The van der Waals surface area contributed by atoms with E-state index in [1.165, 1.54) is 32.1 Å². The van der Waals surface area contributed by atoms with Crippen molar-refractivity contribution in [3.63, 3.8) is 0 Å². The van der Waals surface area contributed by atoms with Crippen molar-refractivity contribution in [1.82, 2.24) is 10.6 Å². The van der Waals surface area contributed by atoms with Crippen molar-refractivity contribution in [3.05, 3.63) is 0 Å². The molecule has 1 aliphatic carbocycles. The summed E-state index contributed by atoms with van der Waals surface area (Å²) in [6, 6.07) is 0.521. The lowest BCUT2D eigenvalue weighted by molar-refractivity contribution is -0.124. The molecule has 1 saturated heterocycles. The van der Waals surface area contributed by atoms with E-state index in [9.17, 15) is 4.79 Å². The van der Waals surface area contributed by atoms with Crippen LogP contribution < -0.4 is 10.6 Å². The average molecular weight is 224 g/mol. The van der Waals surface area contributed by atoms with Gasteiger partial charge in [0.2, 0.25) is 5.91 Å². The van der Waals surface area contributed by atoms with Gasteiger partial charge in [0, 0.05) is 6.04 Å². The maximum absolute atomic E-state index is 12.0. The van der Waals surface area contributed by atoms with Crippen LogP contribution in [0.3, 0.4) is 0 Å². The topological polar surface area (TPSA) is 41.1 Å². The predicted octanol–water partition coefficient (Wildman–Crippen LogP) is 1.82. The van der Waals surface area contributed by atoms with E-state index in [0.29, 0.717) is 12.0 Å². The number of amides is 1. The van der Waals surface area contributed by atoms with Crippen molar-refractivity contribution < 1.29 is 4.79 Å². The van der Waals surface area contributed by atoms with Crippen molar-refractivity contribution in [2.24, 2.45) is 5.92 Å². The number of hydrogen-bond donors (Lipinski definition) is 2. The zero-order valence-corrected chi connectivity index (χ0v) is 10.3. The molecule has 1 amide bonds. The fraction of sp³-hybridized carbons (Fsp3) is 0.923. The smallest absolute Gasteiger partial charge is 0.237 e. The van der Waals surface area contributed by atoms with Gasteiger partial charge in [0.05, 0.1) is 6.04 Å². The molecule has 3 unspecified atom stereocenters. The Bertz CT molecular complexity index is 236. The monoisotopic (exact) mass is 224 g/mol. The Kier molecular flexibility index (Phi) is 4.22. The summed E-state index contributed by atoms with van der Waals surface area (Å²) >= 11 is 0. The summed E-state index contributed by atoms with van der Waals surface area (Å²) in [7, 11) is 0. The number of nitrogens with one attached hydrogen (secondary N) is 2. The van der Waals surface area contributed by atoms with E-state index >= 15 is 0 Å². The molecule has 92 valence electrons. The van der Waals surface area contributed by atoms with Crippen LogP contribution in [-0.2, 0) is 4.79 Å². The highest BCUT2D eigenvalue weighted by atomic mass is 16.2. The van der Waals surface area contributed by atoms with Crippen LogP contribution in [0.2, 0.25) is 0 Å². The average Bonchev–Trinajstić information content (AvgIpc) is 2.83.